The van der Waals surface area contributed by atoms with Crippen molar-refractivity contribution in [1.82, 2.24) is 4.90 Å². The van der Waals surface area contributed by atoms with Crippen molar-refractivity contribution in [2.45, 2.75) is 31.7 Å². The molecule has 1 atom stereocenters. The van der Waals surface area contributed by atoms with Gasteiger partial charge >= 0.3 is 0 Å². The van der Waals surface area contributed by atoms with Crippen LogP contribution in [0.5, 0.6) is 0 Å². The lowest BCUT2D eigenvalue weighted by atomic mass is 9.99. The van der Waals surface area contributed by atoms with Crippen LogP contribution >= 0.6 is 0 Å². The van der Waals surface area contributed by atoms with Crippen LogP contribution in [0.15, 0.2) is 0 Å². The number of hydrogen-bond acceptors (Lipinski definition) is 3. The predicted molar refractivity (Wildman–Crippen MR) is 57.3 cm³/mol. The lowest BCUT2D eigenvalue weighted by Gasteiger charge is -2.29. The van der Waals surface area contributed by atoms with Gasteiger partial charge in [0.15, 0.2) is 0 Å². The van der Waals surface area contributed by atoms with Crippen LogP contribution < -0.4 is 5.73 Å². The zero-order chi connectivity index (χ0) is 10.7. The first-order valence-corrected chi connectivity index (χ1v) is 5.88. The first-order valence-electron chi connectivity index (χ1n) is 5.88. The van der Waals surface area contributed by atoms with E-state index in [1.807, 2.05) is 0 Å². The highest BCUT2D eigenvalue weighted by atomic mass is 16.5. The molecule has 2 N–H and O–H groups in total. The molecule has 2 aliphatic rings. The van der Waals surface area contributed by atoms with Gasteiger partial charge in [0.25, 0.3) is 0 Å². The summed E-state index contributed by atoms with van der Waals surface area (Å²) in [5.41, 5.74) is 5.39. The van der Waals surface area contributed by atoms with Gasteiger partial charge in [-0.05, 0) is 38.1 Å². The van der Waals surface area contributed by atoms with Gasteiger partial charge in [-0.15, -0.1) is 0 Å². The van der Waals surface area contributed by atoms with E-state index >= 15 is 0 Å². The van der Waals surface area contributed by atoms with E-state index in [0.717, 1.165) is 52.0 Å². The molecule has 0 bridgehead atoms. The summed E-state index contributed by atoms with van der Waals surface area (Å²) in [5, 5.41) is 0. The molecule has 0 aromatic rings. The second-order valence-corrected chi connectivity index (χ2v) is 4.61. The fourth-order valence-corrected chi connectivity index (χ4v) is 2.63. The highest BCUT2D eigenvalue weighted by Crippen LogP contribution is 2.22. The molecule has 15 heavy (non-hydrogen) atoms. The third-order valence-electron chi connectivity index (χ3n) is 3.53. The number of carbonyl (C=O) groups excluding carboxylic acids is 1. The molecule has 0 saturated carbocycles. The van der Waals surface area contributed by atoms with Crippen molar-refractivity contribution in [2.24, 2.45) is 11.7 Å². The fraction of sp³-hybridized carbons (Fsp3) is 0.909. The van der Waals surface area contributed by atoms with E-state index in [0.29, 0.717) is 5.92 Å². The Morgan fingerprint density at radius 2 is 2.07 bits per heavy atom. The van der Waals surface area contributed by atoms with Crippen LogP contribution in [0.25, 0.3) is 0 Å². The average Bonchev–Trinajstić information content (AvgIpc) is 2.67. The molecule has 4 heteroatoms. The topological polar surface area (TPSA) is 55.6 Å². The zero-order valence-electron chi connectivity index (χ0n) is 9.15. The Bertz CT molecular complexity index is 227. The van der Waals surface area contributed by atoms with Crippen molar-refractivity contribution in [3.05, 3.63) is 0 Å². The number of ether oxygens (including phenoxy) is 1. The molecule has 2 saturated heterocycles. The second kappa shape index (κ2) is 4.94. The number of likely N-dealkylation sites (tertiary alicyclic amines) is 1. The molecule has 0 aromatic carbocycles. The van der Waals surface area contributed by atoms with Crippen LogP contribution in [0.3, 0.4) is 0 Å². The van der Waals surface area contributed by atoms with Crippen molar-refractivity contribution in [2.75, 3.05) is 26.3 Å². The van der Waals surface area contributed by atoms with Crippen LogP contribution in [0.4, 0.5) is 0 Å². The van der Waals surface area contributed by atoms with Crippen molar-refractivity contribution in [3.63, 3.8) is 0 Å². The summed E-state index contributed by atoms with van der Waals surface area (Å²) in [6.45, 7) is 3.81. The smallest absolute Gasteiger partial charge is 0.234 e. The van der Waals surface area contributed by atoms with E-state index in [-0.39, 0.29) is 11.9 Å². The van der Waals surface area contributed by atoms with E-state index in [1.165, 1.54) is 0 Å². The molecule has 1 amide bonds. The monoisotopic (exact) mass is 212 g/mol. The summed E-state index contributed by atoms with van der Waals surface area (Å²) in [6.07, 6.45) is 4.30. The molecule has 0 radical (unpaired) electrons. The van der Waals surface area contributed by atoms with E-state index in [4.69, 9.17) is 10.5 Å². The maximum Gasteiger partial charge on any atom is 0.234 e. The molecule has 2 rings (SSSR count). The van der Waals surface area contributed by atoms with Crippen LogP contribution in [0.2, 0.25) is 0 Å². The average molecular weight is 212 g/mol. The van der Waals surface area contributed by atoms with Crippen LogP contribution in [0.1, 0.15) is 25.7 Å². The van der Waals surface area contributed by atoms with Crippen molar-refractivity contribution >= 4 is 5.91 Å². The maximum absolute atomic E-state index is 11.2. The quantitative estimate of drug-likeness (QED) is 0.735. The van der Waals surface area contributed by atoms with Gasteiger partial charge in [0, 0.05) is 19.8 Å². The Hall–Kier alpha value is -0.610. The first kappa shape index (κ1) is 10.9. The highest BCUT2D eigenvalue weighted by Gasteiger charge is 2.30. The number of hydrogen-bond donors (Lipinski definition) is 1. The lowest BCUT2D eigenvalue weighted by molar-refractivity contribution is -0.122. The number of primary amides is 1. The fourth-order valence-electron chi connectivity index (χ4n) is 2.63. The Labute approximate surface area is 90.8 Å². The number of nitrogens with two attached hydrogens (primary N) is 1. The summed E-state index contributed by atoms with van der Waals surface area (Å²) in [7, 11) is 0. The van der Waals surface area contributed by atoms with Crippen LogP contribution in [0, 0.1) is 5.92 Å². The third-order valence-corrected chi connectivity index (χ3v) is 3.53. The molecule has 2 aliphatic heterocycles. The van der Waals surface area contributed by atoms with Gasteiger partial charge in [0.2, 0.25) is 5.91 Å². The third kappa shape index (κ3) is 2.69. The standard InChI is InChI=1S/C11H20N2O2/c12-11(14)10-2-1-5-13(10)8-9-3-6-15-7-4-9/h9-10H,1-8H2,(H2,12,14)/t10-/m0/s1. The SMILES string of the molecule is NC(=O)[C@@H]1CCCN1CC1CCOCC1. The number of rotatable bonds is 3. The molecule has 2 fully saturated rings. The van der Waals surface area contributed by atoms with Gasteiger partial charge in [-0.25, -0.2) is 0 Å². The number of nitrogens with zero attached hydrogens (tertiary/aromatic N) is 1. The minimum Gasteiger partial charge on any atom is -0.381 e. The number of amides is 1. The summed E-state index contributed by atoms with van der Waals surface area (Å²) in [4.78, 5) is 13.5. The Morgan fingerprint density at radius 1 is 1.33 bits per heavy atom. The number of carbonyl (C=O) groups is 1. The van der Waals surface area contributed by atoms with Gasteiger partial charge < -0.3 is 10.5 Å². The van der Waals surface area contributed by atoms with E-state index in [1.54, 1.807) is 0 Å². The molecular formula is C11H20N2O2. The van der Waals surface area contributed by atoms with E-state index in [9.17, 15) is 4.79 Å². The first-order chi connectivity index (χ1) is 7.27. The molecule has 0 aromatic heterocycles. The summed E-state index contributed by atoms with van der Waals surface area (Å²) >= 11 is 0. The van der Waals surface area contributed by atoms with Gasteiger partial charge in [0.05, 0.1) is 6.04 Å². The molecule has 0 spiro atoms. The van der Waals surface area contributed by atoms with Crippen LogP contribution in [-0.2, 0) is 9.53 Å². The minimum absolute atomic E-state index is 0.00663. The van der Waals surface area contributed by atoms with Crippen LogP contribution in [-0.4, -0.2) is 43.2 Å². The van der Waals surface area contributed by atoms with E-state index < -0.39 is 0 Å². The van der Waals surface area contributed by atoms with Crippen molar-refractivity contribution in [1.29, 1.82) is 0 Å². The summed E-state index contributed by atoms with van der Waals surface area (Å²) < 4.78 is 5.33. The van der Waals surface area contributed by atoms with E-state index in [2.05, 4.69) is 4.90 Å². The molecule has 0 unspecified atom stereocenters. The second-order valence-electron chi connectivity index (χ2n) is 4.61. The van der Waals surface area contributed by atoms with Gasteiger partial charge in [-0.2, -0.15) is 0 Å². The molecule has 4 nitrogen and oxygen atoms in total. The predicted octanol–water partition coefficient (Wildman–Crippen LogP) is 0.363. The summed E-state index contributed by atoms with van der Waals surface area (Å²) in [5.74, 6) is 0.540. The molecule has 2 heterocycles. The van der Waals surface area contributed by atoms with Gasteiger partial charge in [-0.1, -0.05) is 0 Å². The van der Waals surface area contributed by atoms with Gasteiger partial charge in [0.1, 0.15) is 0 Å². The lowest BCUT2D eigenvalue weighted by Crippen LogP contribution is -2.43. The Kier molecular flexibility index (Phi) is 3.59. The molecular weight excluding hydrogens is 192 g/mol. The minimum atomic E-state index is -0.153. The normalized spacial score (nSPS) is 29.5. The Balaban J connectivity index is 1.84. The van der Waals surface area contributed by atoms with Crippen molar-refractivity contribution < 1.29 is 9.53 Å². The zero-order valence-corrected chi connectivity index (χ0v) is 9.15. The van der Waals surface area contributed by atoms with Crippen molar-refractivity contribution in [3.8, 4) is 0 Å². The van der Waals surface area contributed by atoms with Gasteiger partial charge in [-0.3, -0.25) is 9.69 Å². The highest BCUT2D eigenvalue weighted by molar-refractivity contribution is 5.80. The Morgan fingerprint density at radius 3 is 2.73 bits per heavy atom. The molecule has 0 aliphatic carbocycles. The maximum atomic E-state index is 11.2. The largest absolute Gasteiger partial charge is 0.381 e. The summed E-state index contributed by atoms with van der Waals surface area (Å²) in [6, 6.07) is -0.00663. The molecule has 86 valence electrons.